The Kier molecular flexibility index (Phi) is 4.36. The van der Waals surface area contributed by atoms with Crippen molar-refractivity contribution in [1.82, 2.24) is 19.1 Å². The van der Waals surface area contributed by atoms with Gasteiger partial charge in [0, 0.05) is 30.8 Å². The first kappa shape index (κ1) is 15.9. The zero-order valence-electron chi connectivity index (χ0n) is 13.2. The Morgan fingerprint density at radius 2 is 2.22 bits per heavy atom. The summed E-state index contributed by atoms with van der Waals surface area (Å²) < 4.78 is 33.1. The number of hydrogen-bond acceptors (Lipinski definition) is 5. The summed E-state index contributed by atoms with van der Waals surface area (Å²) in [6.45, 7) is 3.87. The van der Waals surface area contributed by atoms with Gasteiger partial charge < -0.3 is 4.74 Å². The van der Waals surface area contributed by atoms with E-state index in [2.05, 4.69) is 10.1 Å². The minimum atomic E-state index is -3.26. The molecule has 7 nitrogen and oxygen atoms in total. The lowest BCUT2D eigenvalue weighted by Gasteiger charge is -2.31. The number of aryl methyl sites for hydroxylation is 1. The van der Waals surface area contributed by atoms with Crippen LogP contribution in [0.15, 0.2) is 30.7 Å². The molecule has 3 heterocycles. The first-order valence-electron chi connectivity index (χ1n) is 7.51. The van der Waals surface area contributed by atoms with E-state index in [1.54, 1.807) is 18.5 Å². The van der Waals surface area contributed by atoms with E-state index in [0.717, 1.165) is 11.3 Å². The van der Waals surface area contributed by atoms with Crippen molar-refractivity contribution in [3.63, 3.8) is 0 Å². The Morgan fingerprint density at radius 1 is 1.39 bits per heavy atom. The van der Waals surface area contributed by atoms with Crippen molar-refractivity contribution in [3.8, 4) is 5.75 Å². The lowest BCUT2D eigenvalue weighted by molar-refractivity contribution is 0.244. The summed E-state index contributed by atoms with van der Waals surface area (Å²) in [5, 5.41) is 4.37. The SMILES string of the molecule is CCn1ncc2c1CN(S(C)(=O)=O)C[C@@H]2COc1cccnc1. The van der Waals surface area contributed by atoms with Gasteiger partial charge in [-0.05, 0) is 19.1 Å². The molecule has 2 aromatic rings. The molecule has 0 fully saturated rings. The Labute approximate surface area is 135 Å². The molecule has 0 unspecified atom stereocenters. The van der Waals surface area contributed by atoms with Gasteiger partial charge in [0.1, 0.15) is 5.75 Å². The zero-order valence-corrected chi connectivity index (χ0v) is 14.0. The number of fused-ring (bicyclic) bond motifs is 1. The van der Waals surface area contributed by atoms with Crippen LogP contribution in [0.25, 0.3) is 0 Å². The van der Waals surface area contributed by atoms with Crippen molar-refractivity contribution in [3.05, 3.63) is 42.0 Å². The second-order valence-corrected chi connectivity index (χ2v) is 7.60. The highest BCUT2D eigenvalue weighted by atomic mass is 32.2. The van der Waals surface area contributed by atoms with E-state index in [1.807, 2.05) is 23.9 Å². The summed E-state index contributed by atoms with van der Waals surface area (Å²) in [6.07, 6.45) is 6.40. The summed E-state index contributed by atoms with van der Waals surface area (Å²) in [7, 11) is -3.26. The van der Waals surface area contributed by atoms with Crippen LogP contribution in [0.5, 0.6) is 5.75 Å². The maximum Gasteiger partial charge on any atom is 0.211 e. The minimum Gasteiger partial charge on any atom is -0.491 e. The molecule has 0 saturated heterocycles. The van der Waals surface area contributed by atoms with Crippen molar-refractivity contribution in [1.29, 1.82) is 0 Å². The molecule has 23 heavy (non-hydrogen) atoms. The molecule has 124 valence electrons. The first-order valence-corrected chi connectivity index (χ1v) is 9.36. The summed E-state index contributed by atoms with van der Waals surface area (Å²) in [4.78, 5) is 4.02. The monoisotopic (exact) mass is 336 g/mol. The Balaban J connectivity index is 1.85. The Bertz CT molecular complexity index is 773. The van der Waals surface area contributed by atoms with Gasteiger partial charge in [-0.15, -0.1) is 0 Å². The van der Waals surface area contributed by atoms with Crippen LogP contribution in [0.1, 0.15) is 24.1 Å². The second kappa shape index (κ2) is 6.29. The number of aromatic nitrogens is 3. The minimum absolute atomic E-state index is 0.0472. The maximum atomic E-state index is 12.0. The lowest BCUT2D eigenvalue weighted by atomic mass is 9.97. The smallest absolute Gasteiger partial charge is 0.211 e. The number of rotatable bonds is 5. The standard InChI is InChI=1S/C15H20N4O3S/c1-3-19-15-10-18(23(2,20)21)9-12(14(15)8-17-19)11-22-13-5-4-6-16-7-13/h4-8,12H,3,9-11H2,1-2H3/t12-/m1/s1. The van der Waals surface area contributed by atoms with E-state index in [9.17, 15) is 8.42 Å². The van der Waals surface area contributed by atoms with Gasteiger partial charge in [0.15, 0.2) is 0 Å². The zero-order chi connectivity index (χ0) is 16.4. The van der Waals surface area contributed by atoms with Crippen LogP contribution in [0.4, 0.5) is 0 Å². The quantitative estimate of drug-likeness (QED) is 0.821. The van der Waals surface area contributed by atoms with Crippen molar-refractivity contribution >= 4 is 10.0 Å². The molecule has 2 aromatic heterocycles. The van der Waals surface area contributed by atoms with Gasteiger partial charge in [0.2, 0.25) is 10.0 Å². The Morgan fingerprint density at radius 3 is 2.87 bits per heavy atom. The molecule has 8 heteroatoms. The van der Waals surface area contributed by atoms with Gasteiger partial charge >= 0.3 is 0 Å². The predicted octanol–water partition coefficient (Wildman–Crippen LogP) is 1.24. The molecule has 0 bridgehead atoms. The molecule has 0 aliphatic carbocycles. The molecule has 0 N–H and O–H groups in total. The molecule has 0 saturated carbocycles. The van der Waals surface area contributed by atoms with Gasteiger partial charge in [-0.2, -0.15) is 9.40 Å². The largest absolute Gasteiger partial charge is 0.491 e. The molecule has 1 aliphatic heterocycles. The Hall–Kier alpha value is -1.93. The van der Waals surface area contributed by atoms with E-state index in [0.29, 0.717) is 32.0 Å². The highest BCUT2D eigenvalue weighted by Crippen LogP contribution is 2.30. The van der Waals surface area contributed by atoms with Crippen LogP contribution in [-0.2, 0) is 23.1 Å². The molecule has 1 aliphatic rings. The van der Waals surface area contributed by atoms with Gasteiger partial charge in [0.05, 0.1) is 37.5 Å². The summed E-state index contributed by atoms with van der Waals surface area (Å²) in [5.41, 5.74) is 2.01. The molecule has 1 atom stereocenters. The van der Waals surface area contributed by atoms with Crippen molar-refractivity contribution in [2.45, 2.75) is 25.9 Å². The summed E-state index contributed by atoms with van der Waals surface area (Å²) in [5.74, 6) is 0.627. The predicted molar refractivity (Wildman–Crippen MR) is 85.6 cm³/mol. The fraction of sp³-hybridized carbons (Fsp3) is 0.467. The van der Waals surface area contributed by atoms with Crippen molar-refractivity contribution in [2.75, 3.05) is 19.4 Å². The van der Waals surface area contributed by atoms with Gasteiger partial charge in [-0.3, -0.25) is 9.67 Å². The van der Waals surface area contributed by atoms with Crippen molar-refractivity contribution in [2.24, 2.45) is 0 Å². The summed E-state index contributed by atoms with van der Waals surface area (Å²) in [6, 6.07) is 3.64. The molecule has 0 amide bonds. The number of nitrogens with zero attached hydrogens (tertiary/aromatic N) is 4. The lowest BCUT2D eigenvalue weighted by Crippen LogP contribution is -2.39. The van der Waals surface area contributed by atoms with E-state index < -0.39 is 10.0 Å². The first-order chi connectivity index (χ1) is 11.0. The summed E-state index contributed by atoms with van der Waals surface area (Å²) >= 11 is 0. The van der Waals surface area contributed by atoms with Crippen LogP contribution in [0.3, 0.4) is 0 Å². The van der Waals surface area contributed by atoms with Crippen LogP contribution in [-0.4, -0.2) is 46.9 Å². The second-order valence-electron chi connectivity index (χ2n) is 5.61. The van der Waals surface area contributed by atoms with Crippen LogP contribution >= 0.6 is 0 Å². The number of hydrogen-bond donors (Lipinski definition) is 0. The van der Waals surface area contributed by atoms with E-state index >= 15 is 0 Å². The van der Waals surface area contributed by atoms with Gasteiger partial charge in [0.25, 0.3) is 0 Å². The molecular weight excluding hydrogens is 316 g/mol. The third kappa shape index (κ3) is 3.37. The fourth-order valence-electron chi connectivity index (χ4n) is 2.81. The van der Waals surface area contributed by atoms with Crippen LogP contribution in [0, 0.1) is 0 Å². The van der Waals surface area contributed by atoms with E-state index in [-0.39, 0.29) is 5.92 Å². The normalized spacial score (nSPS) is 18.6. The molecule has 0 radical (unpaired) electrons. The van der Waals surface area contributed by atoms with Crippen LogP contribution in [0.2, 0.25) is 0 Å². The molecule has 0 aromatic carbocycles. The van der Waals surface area contributed by atoms with Gasteiger partial charge in [-0.1, -0.05) is 0 Å². The van der Waals surface area contributed by atoms with Crippen LogP contribution < -0.4 is 4.74 Å². The van der Waals surface area contributed by atoms with E-state index in [4.69, 9.17) is 4.74 Å². The average molecular weight is 336 g/mol. The molecule has 0 spiro atoms. The molecule has 3 rings (SSSR count). The third-order valence-corrected chi connectivity index (χ3v) is 5.24. The topological polar surface area (TPSA) is 77.3 Å². The van der Waals surface area contributed by atoms with E-state index in [1.165, 1.54) is 10.6 Å². The van der Waals surface area contributed by atoms with Gasteiger partial charge in [-0.25, -0.2) is 8.42 Å². The van der Waals surface area contributed by atoms with Crippen molar-refractivity contribution < 1.29 is 13.2 Å². The molecular formula is C15H20N4O3S. The number of sulfonamides is 1. The number of ether oxygens (including phenoxy) is 1. The highest BCUT2D eigenvalue weighted by molar-refractivity contribution is 7.88. The number of pyridine rings is 1. The third-order valence-electron chi connectivity index (χ3n) is 4.03. The average Bonchev–Trinajstić information content (AvgIpc) is 2.96. The fourth-order valence-corrected chi connectivity index (χ4v) is 3.62. The maximum absolute atomic E-state index is 12.0. The highest BCUT2D eigenvalue weighted by Gasteiger charge is 2.33.